The number of nitrogens with zero attached hydrogens (tertiary/aromatic N) is 4. The number of hydrogen-bond acceptors (Lipinski definition) is 4. The van der Waals surface area contributed by atoms with Crippen molar-refractivity contribution in [3.8, 4) is 0 Å². The van der Waals surface area contributed by atoms with Gasteiger partial charge in [-0.2, -0.15) is 0 Å². The van der Waals surface area contributed by atoms with E-state index in [1.54, 1.807) is 18.6 Å². The summed E-state index contributed by atoms with van der Waals surface area (Å²) in [6.07, 6.45) is 10.2. The molecular formula is C18H24N4O2. The van der Waals surface area contributed by atoms with Crippen LogP contribution in [0.15, 0.2) is 36.9 Å². The number of amides is 1. The first kappa shape index (κ1) is 16.6. The van der Waals surface area contributed by atoms with Crippen LogP contribution in [0.2, 0.25) is 0 Å². The zero-order valence-electron chi connectivity index (χ0n) is 14.1. The molecule has 0 saturated carbocycles. The number of aryl methyl sites for hydroxylation is 1. The molecule has 6 nitrogen and oxygen atoms in total. The molecule has 1 unspecified atom stereocenters. The highest BCUT2D eigenvalue weighted by molar-refractivity contribution is 5.76. The quantitative estimate of drug-likeness (QED) is 0.780. The smallest absolute Gasteiger partial charge is 0.242 e. The van der Waals surface area contributed by atoms with Crippen molar-refractivity contribution in [3.05, 3.63) is 48.3 Å². The molecule has 3 rings (SSSR count). The van der Waals surface area contributed by atoms with Gasteiger partial charge in [0.25, 0.3) is 0 Å². The van der Waals surface area contributed by atoms with Gasteiger partial charge in [0.2, 0.25) is 5.91 Å². The van der Waals surface area contributed by atoms with Crippen LogP contribution in [0.3, 0.4) is 0 Å². The van der Waals surface area contributed by atoms with Gasteiger partial charge < -0.3 is 14.2 Å². The fourth-order valence-corrected chi connectivity index (χ4v) is 3.04. The highest BCUT2D eigenvalue weighted by atomic mass is 16.5. The molecule has 1 amide bonds. The molecule has 6 heteroatoms. The standard InChI is InChI=1S/C18H24N4O2/c1-2-17-20-9-10-21(17)14-18(23)22(13-16-4-3-11-24-16)12-15-5-7-19-8-6-15/h5-10,16H,2-4,11-14H2,1H3. The van der Waals surface area contributed by atoms with Crippen LogP contribution >= 0.6 is 0 Å². The maximum atomic E-state index is 12.9. The average molecular weight is 328 g/mol. The third-order valence-electron chi connectivity index (χ3n) is 4.35. The fourth-order valence-electron chi connectivity index (χ4n) is 3.04. The molecule has 2 aromatic rings. The van der Waals surface area contributed by atoms with Gasteiger partial charge in [0.1, 0.15) is 12.4 Å². The van der Waals surface area contributed by atoms with Crippen LogP contribution in [0.4, 0.5) is 0 Å². The van der Waals surface area contributed by atoms with Gasteiger partial charge in [-0.3, -0.25) is 9.78 Å². The first-order valence-corrected chi connectivity index (χ1v) is 8.54. The fraction of sp³-hybridized carbons (Fsp3) is 0.500. The topological polar surface area (TPSA) is 60.2 Å². The summed E-state index contributed by atoms with van der Waals surface area (Å²) >= 11 is 0. The van der Waals surface area contributed by atoms with E-state index >= 15 is 0 Å². The number of pyridine rings is 1. The van der Waals surface area contributed by atoms with Gasteiger partial charge in [-0.15, -0.1) is 0 Å². The Balaban J connectivity index is 1.71. The van der Waals surface area contributed by atoms with Crippen molar-refractivity contribution in [1.82, 2.24) is 19.4 Å². The first-order chi connectivity index (χ1) is 11.8. The van der Waals surface area contributed by atoms with Crippen LogP contribution in [0.5, 0.6) is 0 Å². The molecule has 1 atom stereocenters. The van der Waals surface area contributed by atoms with E-state index in [0.717, 1.165) is 37.3 Å². The number of carbonyl (C=O) groups is 1. The number of ether oxygens (including phenoxy) is 1. The summed E-state index contributed by atoms with van der Waals surface area (Å²) in [7, 11) is 0. The Hall–Kier alpha value is -2.21. The summed E-state index contributed by atoms with van der Waals surface area (Å²) in [5, 5.41) is 0. The Kier molecular flexibility index (Phi) is 5.59. The second kappa shape index (κ2) is 8.06. The van der Waals surface area contributed by atoms with Gasteiger partial charge in [-0.1, -0.05) is 6.92 Å². The Labute approximate surface area is 142 Å². The van der Waals surface area contributed by atoms with Crippen LogP contribution < -0.4 is 0 Å². The molecule has 0 N–H and O–H groups in total. The molecule has 1 saturated heterocycles. The summed E-state index contributed by atoms with van der Waals surface area (Å²) in [6.45, 7) is 4.38. The Morgan fingerprint density at radius 2 is 2.21 bits per heavy atom. The summed E-state index contributed by atoms with van der Waals surface area (Å²) in [4.78, 5) is 23.1. The second-order valence-corrected chi connectivity index (χ2v) is 6.09. The number of imidazole rings is 1. The molecule has 24 heavy (non-hydrogen) atoms. The second-order valence-electron chi connectivity index (χ2n) is 6.09. The monoisotopic (exact) mass is 328 g/mol. The number of aromatic nitrogens is 3. The van der Waals surface area contributed by atoms with Gasteiger partial charge >= 0.3 is 0 Å². The molecule has 0 bridgehead atoms. The molecule has 1 aliphatic heterocycles. The molecule has 128 valence electrons. The lowest BCUT2D eigenvalue weighted by atomic mass is 10.2. The van der Waals surface area contributed by atoms with Crippen LogP contribution in [-0.4, -0.2) is 44.6 Å². The van der Waals surface area contributed by atoms with E-state index in [1.165, 1.54) is 0 Å². The minimum atomic E-state index is 0.0926. The third-order valence-corrected chi connectivity index (χ3v) is 4.35. The molecule has 0 aromatic carbocycles. The number of hydrogen-bond donors (Lipinski definition) is 0. The van der Waals surface area contributed by atoms with Crippen molar-refractivity contribution in [1.29, 1.82) is 0 Å². The van der Waals surface area contributed by atoms with Crippen molar-refractivity contribution < 1.29 is 9.53 Å². The lowest BCUT2D eigenvalue weighted by Gasteiger charge is -2.26. The predicted molar refractivity (Wildman–Crippen MR) is 90.2 cm³/mol. The summed E-state index contributed by atoms with van der Waals surface area (Å²) in [5.41, 5.74) is 1.08. The van der Waals surface area contributed by atoms with E-state index in [9.17, 15) is 4.79 Å². The van der Waals surface area contributed by atoms with Crippen LogP contribution in [-0.2, 0) is 29.0 Å². The van der Waals surface area contributed by atoms with Crippen molar-refractivity contribution >= 4 is 5.91 Å². The SMILES string of the molecule is CCc1nccn1CC(=O)N(Cc1ccncc1)CC1CCCO1. The maximum Gasteiger partial charge on any atom is 0.242 e. The molecule has 0 aliphatic carbocycles. The van der Waals surface area contributed by atoms with Crippen LogP contribution in [0.1, 0.15) is 31.2 Å². The van der Waals surface area contributed by atoms with E-state index < -0.39 is 0 Å². The zero-order valence-corrected chi connectivity index (χ0v) is 14.1. The maximum absolute atomic E-state index is 12.9. The lowest BCUT2D eigenvalue weighted by molar-refractivity contribution is -0.134. The molecule has 3 heterocycles. The molecule has 1 aliphatic rings. The van der Waals surface area contributed by atoms with Crippen molar-refractivity contribution in [2.24, 2.45) is 0 Å². The number of carbonyl (C=O) groups excluding carboxylic acids is 1. The zero-order chi connectivity index (χ0) is 16.8. The van der Waals surface area contributed by atoms with E-state index in [4.69, 9.17) is 4.74 Å². The Morgan fingerprint density at radius 1 is 1.38 bits per heavy atom. The van der Waals surface area contributed by atoms with Gasteiger partial charge in [-0.05, 0) is 30.5 Å². The van der Waals surface area contributed by atoms with E-state index in [2.05, 4.69) is 9.97 Å². The largest absolute Gasteiger partial charge is 0.376 e. The molecular weight excluding hydrogens is 304 g/mol. The summed E-state index contributed by atoms with van der Waals surface area (Å²) in [6, 6.07) is 3.90. The normalized spacial score (nSPS) is 17.1. The lowest BCUT2D eigenvalue weighted by Crippen LogP contribution is -2.39. The van der Waals surface area contributed by atoms with Crippen LogP contribution in [0, 0.1) is 0 Å². The number of rotatable bonds is 7. The van der Waals surface area contributed by atoms with Crippen molar-refractivity contribution in [2.75, 3.05) is 13.2 Å². The van der Waals surface area contributed by atoms with E-state index in [-0.39, 0.29) is 12.0 Å². The van der Waals surface area contributed by atoms with Crippen molar-refractivity contribution in [2.45, 2.75) is 45.4 Å². The molecule has 1 fully saturated rings. The first-order valence-electron chi connectivity index (χ1n) is 8.54. The van der Waals surface area contributed by atoms with E-state index in [1.807, 2.05) is 34.7 Å². The van der Waals surface area contributed by atoms with Gasteiger partial charge in [0, 0.05) is 50.9 Å². The summed E-state index contributed by atoms with van der Waals surface area (Å²) in [5.74, 6) is 1.03. The highest BCUT2D eigenvalue weighted by Gasteiger charge is 2.23. The van der Waals surface area contributed by atoms with Crippen LogP contribution in [0.25, 0.3) is 0 Å². The highest BCUT2D eigenvalue weighted by Crippen LogP contribution is 2.16. The van der Waals surface area contributed by atoms with E-state index in [0.29, 0.717) is 19.6 Å². The summed E-state index contributed by atoms with van der Waals surface area (Å²) < 4.78 is 7.65. The molecule has 0 radical (unpaired) electrons. The predicted octanol–water partition coefficient (Wildman–Crippen LogP) is 2.05. The third kappa shape index (κ3) is 4.20. The van der Waals surface area contributed by atoms with Gasteiger partial charge in [-0.25, -0.2) is 4.98 Å². The Bertz CT molecular complexity index is 650. The minimum absolute atomic E-state index is 0.0926. The minimum Gasteiger partial charge on any atom is -0.376 e. The van der Waals surface area contributed by atoms with Gasteiger partial charge in [0.05, 0.1) is 6.10 Å². The Morgan fingerprint density at radius 3 is 2.92 bits per heavy atom. The molecule has 2 aromatic heterocycles. The van der Waals surface area contributed by atoms with Crippen molar-refractivity contribution in [3.63, 3.8) is 0 Å². The molecule has 0 spiro atoms. The average Bonchev–Trinajstić information content (AvgIpc) is 3.26. The van der Waals surface area contributed by atoms with Gasteiger partial charge in [0.15, 0.2) is 0 Å².